The third-order valence-electron chi connectivity index (χ3n) is 4.95. The number of anilines is 1. The summed E-state index contributed by atoms with van der Waals surface area (Å²) in [5.41, 5.74) is 8.18. The lowest BCUT2D eigenvalue weighted by molar-refractivity contribution is 0.286. The van der Waals surface area contributed by atoms with Crippen LogP contribution < -0.4 is 15.8 Å². The number of ether oxygens (including phenoxy) is 1. The van der Waals surface area contributed by atoms with E-state index >= 15 is 0 Å². The first kappa shape index (κ1) is 18.7. The maximum Gasteiger partial charge on any atom is 0.213 e. The normalized spacial score (nSPS) is 16.3. The number of aromatic hydroxyl groups is 1. The molecule has 0 spiro atoms. The Balaban J connectivity index is 1.76. The molecule has 148 valence electrons. The monoisotopic (exact) mass is 392 g/mol. The van der Waals surface area contributed by atoms with Gasteiger partial charge in [0, 0.05) is 6.54 Å². The number of hydrogen-bond donors (Lipinski definition) is 3. The van der Waals surface area contributed by atoms with Gasteiger partial charge in [0.1, 0.15) is 23.4 Å². The molecule has 0 aliphatic carbocycles. The molecule has 3 aromatic rings. The lowest BCUT2D eigenvalue weighted by atomic mass is 9.88. The largest absolute Gasteiger partial charge is 0.507 e. The average Bonchev–Trinajstić information content (AvgIpc) is 3.26. The van der Waals surface area contributed by atoms with E-state index in [0.717, 1.165) is 31.5 Å². The fourth-order valence-corrected chi connectivity index (χ4v) is 3.57. The molecule has 1 aromatic carbocycles. The van der Waals surface area contributed by atoms with Crippen molar-refractivity contribution >= 4 is 5.82 Å². The minimum Gasteiger partial charge on any atom is -0.507 e. The van der Waals surface area contributed by atoms with Crippen molar-refractivity contribution in [1.29, 1.82) is 5.26 Å². The SMILES string of the molecule is N#Cc1c(C2CCCNC2)cc(-c2c(O)cccc2OCc2ncon2)nc1N. The molecule has 2 aromatic heterocycles. The summed E-state index contributed by atoms with van der Waals surface area (Å²) in [7, 11) is 0. The maximum absolute atomic E-state index is 10.5. The number of nitriles is 1. The molecule has 3 heterocycles. The lowest BCUT2D eigenvalue weighted by Crippen LogP contribution is -2.29. The Morgan fingerprint density at radius 3 is 3.03 bits per heavy atom. The molecule has 9 nitrogen and oxygen atoms in total. The predicted octanol–water partition coefficient (Wildman–Crippen LogP) is 2.34. The molecule has 1 atom stereocenters. The van der Waals surface area contributed by atoms with Gasteiger partial charge in [-0.1, -0.05) is 11.2 Å². The number of nitrogen functional groups attached to an aromatic ring is 1. The molecule has 1 saturated heterocycles. The number of pyridine rings is 1. The first-order valence-electron chi connectivity index (χ1n) is 9.29. The molecule has 0 radical (unpaired) electrons. The van der Waals surface area contributed by atoms with Crippen LogP contribution in [0.2, 0.25) is 0 Å². The Kier molecular flexibility index (Phi) is 5.27. The van der Waals surface area contributed by atoms with Crippen molar-refractivity contribution in [1.82, 2.24) is 20.4 Å². The first-order chi connectivity index (χ1) is 14.2. The summed E-state index contributed by atoms with van der Waals surface area (Å²) < 4.78 is 10.5. The minimum absolute atomic E-state index is 0.0000567. The Bertz CT molecular complexity index is 1040. The van der Waals surface area contributed by atoms with Gasteiger partial charge in [0.05, 0.1) is 16.8 Å². The van der Waals surface area contributed by atoms with Gasteiger partial charge in [-0.25, -0.2) is 4.98 Å². The van der Waals surface area contributed by atoms with Gasteiger partial charge in [0.2, 0.25) is 12.2 Å². The number of phenols is 1. The van der Waals surface area contributed by atoms with Crippen LogP contribution in [0, 0.1) is 11.3 Å². The number of phenolic OH excluding ortho intramolecular Hbond substituents is 1. The molecule has 1 unspecified atom stereocenters. The van der Waals surface area contributed by atoms with E-state index in [0.29, 0.717) is 28.4 Å². The van der Waals surface area contributed by atoms with Crippen molar-refractivity contribution in [2.75, 3.05) is 18.8 Å². The highest BCUT2D eigenvalue weighted by Crippen LogP contribution is 2.40. The number of piperidine rings is 1. The number of nitrogens with one attached hydrogen (secondary N) is 1. The van der Waals surface area contributed by atoms with E-state index in [9.17, 15) is 10.4 Å². The van der Waals surface area contributed by atoms with E-state index in [1.54, 1.807) is 18.2 Å². The van der Waals surface area contributed by atoms with Gasteiger partial charge < -0.3 is 25.4 Å². The van der Waals surface area contributed by atoms with E-state index in [2.05, 4.69) is 26.5 Å². The summed E-state index contributed by atoms with van der Waals surface area (Å²) in [6.07, 6.45) is 3.19. The van der Waals surface area contributed by atoms with Gasteiger partial charge in [-0.15, -0.1) is 0 Å². The third kappa shape index (κ3) is 3.83. The molecule has 29 heavy (non-hydrogen) atoms. The summed E-state index contributed by atoms with van der Waals surface area (Å²) in [6, 6.07) is 8.93. The fraction of sp³-hybridized carbons (Fsp3) is 0.300. The Morgan fingerprint density at radius 1 is 1.41 bits per heavy atom. The summed E-state index contributed by atoms with van der Waals surface area (Å²) in [4.78, 5) is 8.31. The van der Waals surface area contributed by atoms with Gasteiger partial charge in [-0.2, -0.15) is 10.2 Å². The molecule has 0 amide bonds. The Morgan fingerprint density at radius 2 is 2.31 bits per heavy atom. The lowest BCUT2D eigenvalue weighted by Gasteiger charge is -2.25. The van der Waals surface area contributed by atoms with Crippen molar-refractivity contribution in [2.45, 2.75) is 25.4 Å². The zero-order chi connectivity index (χ0) is 20.2. The third-order valence-corrected chi connectivity index (χ3v) is 4.95. The summed E-state index contributed by atoms with van der Waals surface area (Å²) >= 11 is 0. The number of benzene rings is 1. The molecule has 9 heteroatoms. The number of hydrogen-bond acceptors (Lipinski definition) is 9. The topological polar surface area (TPSA) is 143 Å². The van der Waals surface area contributed by atoms with Crippen LogP contribution in [-0.4, -0.2) is 33.3 Å². The smallest absolute Gasteiger partial charge is 0.213 e. The van der Waals surface area contributed by atoms with E-state index in [1.165, 1.54) is 6.39 Å². The quantitative estimate of drug-likeness (QED) is 0.596. The second kappa shape index (κ2) is 8.16. The number of rotatable bonds is 5. The van der Waals surface area contributed by atoms with Crippen LogP contribution in [0.1, 0.15) is 35.7 Å². The van der Waals surface area contributed by atoms with Gasteiger partial charge in [-0.3, -0.25) is 0 Å². The van der Waals surface area contributed by atoms with Crippen LogP contribution in [-0.2, 0) is 6.61 Å². The Labute approximate surface area is 167 Å². The minimum atomic E-state index is -0.0000567. The molecule has 1 fully saturated rings. The zero-order valence-electron chi connectivity index (χ0n) is 15.6. The average molecular weight is 392 g/mol. The van der Waals surface area contributed by atoms with Crippen LogP contribution >= 0.6 is 0 Å². The van der Waals surface area contributed by atoms with Gasteiger partial charge in [0.15, 0.2) is 6.61 Å². The molecule has 4 N–H and O–H groups in total. The van der Waals surface area contributed by atoms with Crippen LogP contribution in [0.25, 0.3) is 11.3 Å². The van der Waals surface area contributed by atoms with Crippen LogP contribution in [0.5, 0.6) is 11.5 Å². The van der Waals surface area contributed by atoms with Crippen molar-refractivity contribution in [3.63, 3.8) is 0 Å². The van der Waals surface area contributed by atoms with Crippen molar-refractivity contribution in [3.05, 3.63) is 47.6 Å². The maximum atomic E-state index is 10.5. The van der Waals surface area contributed by atoms with E-state index in [1.807, 2.05) is 6.07 Å². The van der Waals surface area contributed by atoms with Crippen molar-refractivity contribution < 1.29 is 14.4 Å². The van der Waals surface area contributed by atoms with E-state index in [-0.39, 0.29) is 24.1 Å². The van der Waals surface area contributed by atoms with E-state index in [4.69, 9.17) is 15.0 Å². The molecule has 0 bridgehead atoms. The van der Waals surface area contributed by atoms with Gasteiger partial charge in [0.25, 0.3) is 0 Å². The summed E-state index contributed by atoms with van der Waals surface area (Å²) in [5.74, 6) is 1.06. The molecule has 0 saturated carbocycles. The second-order valence-electron chi connectivity index (χ2n) is 6.80. The number of nitrogens with two attached hydrogens (primary N) is 1. The number of nitrogens with zero attached hydrogens (tertiary/aromatic N) is 4. The molecule has 4 rings (SSSR count). The molecule has 1 aliphatic rings. The van der Waals surface area contributed by atoms with Crippen LogP contribution in [0.15, 0.2) is 35.2 Å². The highest BCUT2D eigenvalue weighted by atomic mass is 16.5. The van der Waals surface area contributed by atoms with Gasteiger partial charge >= 0.3 is 0 Å². The van der Waals surface area contributed by atoms with Crippen molar-refractivity contribution in [2.24, 2.45) is 0 Å². The van der Waals surface area contributed by atoms with Gasteiger partial charge in [-0.05, 0) is 49.1 Å². The highest BCUT2D eigenvalue weighted by molar-refractivity contribution is 5.76. The standard InChI is InChI=1S/C20H20N6O3/c21-8-14-13(12-3-2-6-23-9-12)7-15(25-20(14)22)19-16(27)4-1-5-17(19)28-10-18-24-11-29-26-18/h1,4-5,7,11-12,23,27H,2-3,6,9-10H2,(H2,22,25). The van der Waals surface area contributed by atoms with Crippen LogP contribution in [0.3, 0.4) is 0 Å². The van der Waals surface area contributed by atoms with Crippen molar-refractivity contribution in [3.8, 4) is 28.8 Å². The Hall–Kier alpha value is -3.64. The summed E-state index contributed by atoms with van der Waals surface area (Å²) in [5, 5.41) is 27.2. The molecule has 1 aliphatic heterocycles. The zero-order valence-corrected chi connectivity index (χ0v) is 15.6. The van der Waals surface area contributed by atoms with E-state index < -0.39 is 0 Å². The predicted molar refractivity (Wildman–Crippen MR) is 104 cm³/mol. The second-order valence-corrected chi connectivity index (χ2v) is 6.80. The summed E-state index contributed by atoms with van der Waals surface area (Å²) in [6.45, 7) is 1.79. The fourth-order valence-electron chi connectivity index (χ4n) is 3.57. The first-order valence-corrected chi connectivity index (χ1v) is 9.29. The number of aromatic nitrogens is 3. The molecular weight excluding hydrogens is 372 g/mol. The van der Waals surface area contributed by atoms with Crippen LogP contribution in [0.4, 0.5) is 5.82 Å². The molecular formula is C20H20N6O3. The highest BCUT2D eigenvalue weighted by Gasteiger charge is 2.24.